The Morgan fingerprint density at radius 1 is 1.53 bits per heavy atom. The van der Waals surface area contributed by atoms with Crippen molar-refractivity contribution in [2.24, 2.45) is 0 Å². The van der Waals surface area contributed by atoms with Gasteiger partial charge in [0.1, 0.15) is 0 Å². The molecule has 5 heteroatoms. The average molecular weight is 214 g/mol. The van der Waals surface area contributed by atoms with E-state index in [2.05, 4.69) is 5.32 Å². The van der Waals surface area contributed by atoms with E-state index in [1.807, 2.05) is 0 Å². The largest absolute Gasteiger partial charge is 0.463 e. The van der Waals surface area contributed by atoms with Gasteiger partial charge in [-0.1, -0.05) is 0 Å². The first-order chi connectivity index (χ1) is 6.94. The maximum absolute atomic E-state index is 11.4. The molecule has 0 aromatic rings. The van der Waals surface area contributed by atoms with Crippen LogP contribution in [0.4, 0.5) is 0 Å². The quantitative estimate of drug-likeness (QED) is 0.408. The van der Waals surface area contributed by atoms with Gasteiger partial charge in [0.2, 0.25) is 11.5 Å². The predicted molar refractivity (Wildman–Crippen MR) is 57.7 cm³/mol. The molecule has 0 aliphatic rings. The summed E-state index contributed by atoms with van der Waals surface area (Å²) in [6.07, 6.45) is 2.96. The molecular weight excluding hydrogens is 196 g/mol. The molecule has 15 heavy (non-hydrogen) atoms. The van der Waals surface area contributed by atoms with Crippen molar-refractivity contribution < 1.29 is 14.3 Å². The number of hydrogen-bond donors (Lipinski definition) is 2. The van der Waals surface area contributed by atoms with Crippen LogP contribution < -0.4 is 5.32 Å². The van der Waals surface area contributed by atoms with Crippen molar-refractivity contribution >= 4 is 11.9 Å². The van der Waals surface area contributed by atoms with Gasteiger partial charge in [-0.2, -0.15) is 0 Å². The summed E-state index contributed by atoms with van der Waals surface area (Å²) in [5, 5.41) is 10.1. The fraction of sp³-hybridized carbons (Fsp3) is 0.600. The number of hydrogen-bond acceptors (Lipinski definition) is 5. The van der Waals surface area contributed by atoms with Crippen molar-refractivity contribution in [3.05, 3.63) is 12.3 Å². The molecule has 0 rings (SSSR count). The van der Waals surface area contributed by atoms with Crippen LogP contribution in [0.15, 0.2) is 12.3 Å². The lowest BCUT2D eigenvalue weighted by molar-refractivity contribution is -0.159. The van der Waals surface area contributed by atoms with Gasteiger partial charge in [0.25, 0.3) is 0 Å². The Morgan fingerprint density at radius 2 is 2.13 bits per heavy atom. The lowest BCUT2D eigenvalue weighted by Gasteiger charge is -2.23. The Bertz CT molecular complexity index is 259. The van der Waals surface area contributed by atoms with Crippen LogP contribution in [-0.2, 0) is 14.3 Å². The monoisotopic (exact) mass is 214 g/mol. The summed E-state index contributed by atoms with van der Waals surface area (Å²) in [6.45, 7) is 5.14. The summed E-state index contributed by atoms with van der Waals surface area (Å²) in [5.41, 5.74) is -1.13. The van der Waals surface area contributed by atoms with Crippen molar-refractivity contribution in [2.45, 2.75) is 26.4 Å². The van der Waals surface area contributed by atoms with Crippen molar-refractivity contribution in [3.8, 4) is 0 Å². The molecule has 0 amide bonds. The Morgan fingerprint density at radius 3 is 2.60 bits per heavy atom. The van der Waals surface area contributed by atoms with Gasteiger partial charge in [-0.3, -0.25) is 5.41 Å². The maximum atomic E-state index is 11.4. The second-order valence-corrected chi connectivity index (χ2v) is 3.32. The van der Waals surface area contributed by atoms with Crippen LogP contribution in [0.25, 0.3) is 0 Å². The topological polar surface area (TPSA) is 71.4 Å². The number of ether oxygens (including phenoxy) is 2. The Kier molecular flexibility index (Phi) is 5.44. The molecule has 0 heterocycles. The third-order valence-corrected chi connectivity index (χ3v) is 1.53. The number of carbonyl (C=O) groups is 1. The second kappa shape index (κ2) is 6.06. The van der Waals surface area contributed by atoms with Crippen LogP contribution >= 0.6 is 0 Å². The molecule has 2 N–H and O–H groups in total. The van der Waals surface area contributed by atoms with Crippen LogP contribution in [0.2, 0.25) is 0 Å². The second-order valence-electron chi connectivity index (χ2n) is 3.32. The minimum atomic E-state index is -1.13. The van der Waals surface area contributed by atoms with Crippen molar-refractivity contribution in [3.63, 3.8) is 0 Å². The first kappa shape index (κ1) is 13.5. The molecule has 5 nitrogen and oxygen atoms in total. The Balaban J connectivity index is 4.30. The van der Waals surface area contributed by atoms with E-state index in [0.29, 0.717) is 6.61 Å². The fourth-order valence-electron chi connectivity index (χ4n) is 0.814. The van der Waals surface area contributed by atoms with Crippen LogP contribution in [0.5, 0.6) is 0 Å². The van der Waals surface area contributed by atoms with Crippen molar-refractivity contribution in [1.29, 1.82) is 5.41 Å². The lowest BCUT2D eigenvalue weighted by Crippen LogP contribution is -2.38. The van der Waals surface area contributed by atoms with Gasteiger partial charge in [0.15, 0.2) is 0 Å². The highest BCUT2D eigenvalue weighted by Gasteiger charge is 2.31. The van der Waals surface area contributed by atoms with E-state index in [1.165, 1.54) is 6.08 Å². The van der Waals surface area contributed by atoms with Crippen LogP contribution in [0, 0.1) is 5.41 Å². The zero-order chi connectivity index (χ0) is 11.9. The molecule has 0 aliphatic heterocycles. The van der Waals surface area contributed by atoms with Gasteiger partial charge < -0.3 is 14.8 Å². The summed E-state index contributed by atoms with van der Waals surface area (Å²) < 4.78 is 9.95. The molecule has 0 atom stereocenters. The zero-order valence-electron chi connectivity index (χ0n) is 9.59. The molecule has 0 aliphatic carbocycles. The Labute approximate surface area is 90.0 Å². The summed E-state index contributed by atoms with van der Waals surface area (Å²) in [6, 6.07) is 0. The van der Waals surface area contributed by atoms with Gasteiger partial charge >= 0.3 is 5.97 Å². The van der Waals surface area contributed by atoms with E-state index in [-0.39, 0.29) is 5.90 Å². The summed E-state index contributed by atoms with van der Waals surface area (Å²) in [7, 11) is 1.71. The van der Waals surface area contributed by atoms with Gasteiger partial charge in [-0.15, -0.1) is 0 Å². The highest BCUT2D eigenvalue weighted by molar-refractivity contribution is 5.89. The van der Waals surface area contributed by atoms with Crippen LogP contribution in [0.1, 0.15) is 20.8 Å². The number of nitrogens with one attached hydrogen (secondary N) is 2. The molecular formula is C10H18N2O3. The van der Waals surface area contributed by atoms with Gasteiger partial charge in [0.05, 0.1) is 6.61 Å². The molecule has 0 aromatic carbocycles. The summed E-state index contributed by atoms with van der Waals surface area (Å²) in [4.78, 5) is 11.4. The summed E-state index contributed by atoms with van der Waals surface area (Å²) >= 11 is 0. The molecule has 86 valence electrons. The Hall–Kier alpha value is -1.52. The predicted octanol–water partition coefficient (Wildman–Crippen LogP) is 1.06. The highest BCUT2D eigenvalue weighted by atomic mass is 16.6. The van der Waals surface area contributed by atoms with Crippen molar-refractivity contribution in [1.82, 2.24) is 5.32 Å². The van der Waals surface area contributed by atoms with Gasteiger partial charge in [-0.05, 0) is 20.8 Å². The van der Waals surface area contributed by atoms with E-state index >= 15 is 0 Å². The lowest BCUT2D eigenvalue weighted by atomic mass is 10.1. The van der Waals surface area contributed by atoms with E-state index in [9.17, 15) is 4.79 Å². The molecule has 0 fully saturated rings. The minimum absolute atomic E-state index is 0.0950. The van der Waals surface area contributed by atoms with Gasteiger partial charge in [0, 0.05) is 19.3 Å². The third-order valence-electron chi connectivity index (χ3n) is 1.53. The molecule has 0 spiro atoms. The van der Waals surface area contributed by atoms with E-state index < -0.39 is 11.6 Å². The van der Waals surface area contributed by atoms with E-state index in [4.69, 9.17) is 14.9 Å². The summed E-state index contributed by atoms with van der Waals surface area (Å²) in [5.74, 6) is -0.574. The average Bonchev–Trinajstić information content (AvgIpc) is 2.14. The molecule has 0 saturated heterocycles. The SMILES string of the molecule is CCOC(=O)C(C)(C)OC(=N)/C=C\NC. The van der Waals surface area contributed by atoms with Crippen LogP contribution in [0.3, 0.4) is 0 Å². The third kappa shape index (κ3) is 5.05. The maximum Gasteiger partial charge on any atom is 0.349 e. The molecule has 0 unspecified atom stereocenters. The van der Waals surface area contributed by atoms with E-state index in [0.717, 1.165) is 0 Å². The molecule has 0 radical (unpaired) electrons. The first-order valence-corrected chi connectivity index (χ1v) is 4.72. The van der Waals surface area contributed by atoms with Crippen LogP contribution in [-0.4, -0.2) is 31.1 Å². The number of esters is 1. The fourth-order valence-corrected chi connectivity index (χ4v) is 0.814. The van der Waals surface area contributed by atoms with E-state index in [1.54, 1.807) is 34.0 Å². The normalized spacial score (nSPS) is 11.2. The van der Waals surface area contributed by atoms with Gasteiger partial charge in [-0.25, -0.2) is 4.79 Å². The number of rotatable bonds is 5. The standard InChI is InChI=1S/C10H18N2O3/c1-5-14-9(13)10(2,3)15-8(11)6-7-12-4/h6-7,11-12H,5H2,1-4H3/b7-6-,11-8?. The first-order valence-electron chi connectivity index (χ1n) is 4.72. The van der Waals surface area contributed by atoms with Crippen molar-refractivity contribution in [2.75, 3.05) is 13.7 Å². The molecule has 0 aromatic heterocycles. The molecule has 0 bridgehead atoms. The molecule has 0 saturated carbocycles. The minimum Gasteiger partial charge on any atom is -0.463 e. The smallest absolute Gasteiger partial charge is 0.349 e. The number of carbonyl (C=O) groups excluding carboxylic acids is 1. The zero-order valence-corrected chi connectivity index (χ0v) is 9.59. The highest BCUT2D eigenvalue weighted by Crippen LogP contribution is 2.12.